The number of nitriles is 1. The van der Waals surface area contributed by atoms with Crippen molar-refractivity contribution in [2.24, 2.45) is 5.92 Å². The molecule has 0 spiro atoms. The smallest absolute Gasteiger partial charge is 0.0998 e. The molecule has 0 aliphatic heterocycles. The maximum absolute atomic E-state index is 9.62. The van der Waals surface area contributed by atoms with E-state index in [0.717, 1.165) is 16.7 Å². The van der Waals surface area contributed by atoms with Crippen LogP contribution in [-0.4, -0.2) is 4.98 Å². The molecule has 1 saturated carbocycles. The van der Waals surface area contributed by atoms with E-state index in [1.807, 2.05) is 17.8 Å². The van der Waals surface area contributed by atoms with E-state index in [4.69, 9.17) is 0 Å². The van der Waals surface area contributed by atoms with Crippen LogP contribution < -0.4 is 0 Å². The van der Waals surface area contributed by atoms with Crippen LogP contribution >= 0.6 is 11.3 Å². The molecule has 0 bridgehead atoms. The van der Waals surface area contributed by atoms with Crippen LogP contribution in [-0.2, 0) is 0 Å². The van der Waals surface area contributed by atoms with Crippen LogP contribution in [0.3, 0.4) is 0 Å². The molecule has 1 unspecified atom stereocenters. The highest BCUT2D eigenvalue weighted by Crippen LogP contribution is 2.48. The summed E-state index contributed by atoms with van der Waals surface area (Å²) in [7, 11) is 0. The van der Waals surface area contributed by atoms with Gasteiger partial charge in [-0.2, -0.15) is 5.26 Å². The van der Waals surface area contributed by atoms with Crippen molar-refractivity contribution >= 4 is 11.3 Å². The van der Waals surface area contributed by atoms with Crippen molar-refractivity contribution in [2.75, 3.05) is 0 Å². The van der Waals surface area contributed by atoms with Crippen molar-refractivity contribution < 1.29 is 0 Å². The predicted molar refractivity (Wildman–Crippen MR) is 103 cm³/mol. The minimum Gasteiger partial charge on any atom is -0.253 e. The lowest BCUT2D eigenvalue weighted by Crippen LogP contribution is -2.03. The number of benzene rings is 2. The van der Waals surface area contributed by atoms with Gasteiger partial charge in [0.25, 0.3) is 0 Å². The molecule has 0 saturated heterocycles. The van der Waals surface area contributed by atoms with Crippen LogP contribution in [0.25, 0.3) is 11.1 Å². The van der Waals surface area contributed by atoms with Crippen LogP contribution in [0.5, 0.6) is 0 Å². The highest BCUT2D eigenvalue weighted by atomic mass is 32.1. The van der Waals surface area contributed by atoms with Gasteiger partial charge in [-0.25, -0.2) is 0 Å². The molecule has 2 nitrogen and oxygen atoms in total. The third-order valence-electron chi connectivity index (χ3n) is 5.27. The zero-order valence-electron chi connectivity index (χ0n) is 14.5. The van der Waals surface area contributed by atoms with Gasteiger partial charge >= 0.3 is 0 Å². The first-order chi connectivity index (χ1) is 12.2. The Hall–Kier alpha value is -2.44. The SMILES string of the molecule is Cc1cccc(-c2cc(C(c3cncs3)C3CC3)ccc2C#N)c1C. The van der Waals surface area contributed by atoms with Crippen molar-refractivity contribution in [1.82, 2.24) is 4.98 Å². The van der Waals surface area contributed by atoms with Gasteiger partial charge in [-0.1, -0.05) is 24.3 Å². The number of aromatic nitrogens is 1. The summed E-state index contributed by atoms with van der Waals surface area (Å²) in [4.78, 5) is 5.62. The standard InChI is InChI=1S/C22H20N2S/c1-14-4-3-5-19(15(14)2)20-10-17(8-9-18(20)11-23)22(16-6-7-16)21-12-24-13-25-21/h3-5,8-10,12-13,16,22H,6-7H2,1-2H3. The Morgan fingerprint density at radius 2 is 2.00 bits per heavy atom. The zero-order valence-corrected chi connectivity index (χ0v) is 15.3. The summed E-state index contributed by atoms with van der Waals surface area (Å²) in [6.45, 7) is 4.26. The number of hydrogen-bond acceptors (Lipinski definition) is 3. The van der Waals surface area contributed by atoms with E-state index in [1.54, 1.807) is 11.3 Å². The van der Waals surface area contributed by atoms with Gasteiger partial charge in [-0.3, -0.25) is 4.98 Å². The highest BCUT2D eigenvalue weighted by molar-refractivity contribution is 7.09. The molecule has 1 aromatic heterocycles. The molecular weight excluding hydrogens is 324 g/mol. The van der Waals surface area contributed by atoms with Crippen molar-refractivity contribution in [3.05, 3.63) is 75.2 Å². The average Bonchev–Trinajstić information content (AvgIpc) is 3.31. The van der Waals surface area contributed by atoms with Gasteiger partial charge in [-0.15, -0.1) is 11.3 Å². The third kappa shape index (κ3) is 2.99. The Bertz CT molecular complexity index is 947. The van der Waals surface area contributed by atoms with Crippen molar-refractivity contribution in [3.63, 3.8) is 0 Å². The molecule has 1 atom stereocenters. The van der Waals surface area contributed by atoms with Gasteiger partial charge in [0.2, 0.25) is 0 Å². The van der Waals surface area contributed by atoms with E-state index in [2.05, 4.69) is 55.2 Å². The summed E-state index contributed by atoms with van der Waals surface area (Å²) in [6.07, 6.45) is 4.56. The molecule has 25 heavy (non-hydrogen) atoms. The van der Waals surface area contributed by atoms with Gasteiger partial charge in [0, 0.05) is 17.0 Å². The molecule has 1 aliphatic rings. The molecule has 0 radical (unpaired) electrons. The molecule has 0 amide bonds. The lowest BCUT2D eigenvalue weighted by Gasteiger charge is -2.18. The second-order valence-electron chi connectivity index (χ2n) is 6.88. The molecule has 3 aromatic rings. The first-order valence-corrected chi connectivity index (χ1v) is 9.56. The van der Waals surface area contributed by atoms with Gasteiger partial charge in [0.1, 0.15) is 0 Å². The van der Waals surface area contributed by atoms with Crippen LogP contribution in [0.15, 0.2) is 48.1 Å². The van der Waals surface area contributed by atoms with Crippen molar-refractivity contribution in [2.45, 2.75) is 32.6 Å². The minimum atomic E-state index is 0.407. The van der Waals surface area contributed by atoms with Crippen molar-refractivity contribution in [1.29, 1.82) is 5.26 Å². The fourth-order valence-electron chi connectivity index (χ4n) is 3.60. The molecule has 1 heterocycles. The summed E-state index contributed by atoms with van der Waals surface area (Å²) < 4.78 is 0. The third-order valence-corrected chi connectivity index (χ3v) is 6.13. The van der Waals surface area contributed by atoms with Crippen LogP contribution in [0.1, 0.15) is 45.9 Å². The van der Waals surface area contributed by atoms with E-state index < -0.39 is 0 Å². The molecule has 124 valence electrons. The highest BCUT2D eigenvalue weighted by Gasteiger charge is 2.34. The molecule has 3 heteroatoms. The number of nitrogens with zero attached hydrogens (tertiary/aromatic N) is 2. The van der Waals surface area contributed by atoms with E-state index in [9.17, 15) is 5.26 Å². The fourth-order valence-corrected chi connectivity index (χ4v) is 4.44. The summed E-state index contributed by atoms with van der Waals surface area (Å²) in [5.41, 5.74) is 8.69. The maximum Gasteiger partial charge on any atom is 0.0998 e. The number of rotatable bonds is 4. The zero-order chi connectivity index (χ0) is 17.4. The Morgan fingerprint density at radius 1 is 1.16 bits per heavy atom. The Labute approximate surface area is 152 Å². The van der Waals surface area contributed by atoms with Gasteiger partial charge in [0.05, 0.1) is 17.1 Å². The second kappa shape index (κ2) is 6.46. The van der Waals surface area contributed by atoms with Gasteiger partial charge in [-0.05, 0) is 72.6 Å². The summed E-state index contributed by atoms with van der Waals surface area (Å²) in [5, 5.41) is 9.62. The molecule has 4 rings (SSSR count). The van der Waals surface area contributed by atoms with E-state index in [1.165, 1.54) is 34.4 Å². The lowest BCUT2D eigenvalue weighted by molar-refractivity contribution is 0.715. The van der Waals surface area contributed by atoms with E-state index in [0.29, 0.717) is 11.8 Å². The maximum atomic E-state index is 9.62. The largest absolute Gasteiger partial charge is 0.253 e. The van der Waals surface area contributed by atoms with Gasteiger partial charge < -0.3 is 0 Å². The van der Waals surface area contributed by atoms with Crippen LogP contribution in [0.2, 0.25) is 0 Å². The van der Waals surface area contributed by atoms with Crippen LogP contribution in [0.4, 0.5) is 0 Å². The quantitative estimate of drug-likeness (QED) is 0.596. The Morgan fingerprint density at radius 3 is 2.68 bits per heavy atom. The summed E-state index contributed by atoms with van der Waals surface area (Å²) >= 11 is 1.74. The van der Waals surface area contributed by atoms with Crippen molar-refractivity contribution in [3.8, 4) is 17.2 Å². The molecular formula is C22H20N2S. The average molecular weight is 344 g/mol. The van der Waals surface area contributed by atoms with E-state index >= 15 is 0 Å². The van der Waals surface area contributed by atoms with Gasteiger partial charge in [0.15, 0.2) is 0 Å². The number of aryl methyl sites for hydroxylation is 1. The fraction of sp³-hybridized carbons (Fsp3) is 0.273. The predicted octanol–water partition coefficient (Wildman–Crippen LogP) is 5.84. The lowest BCUT2D eigenvalue weighted by atomic mass is 9.87. The molecule has 1 fully saturated rings. The molecule has 2 aromatic carbocycles. The number of thiazole rings is 1. The Balaban J connectivity index is 1.86. The monoisotopic (exact) mass is 344 g/mol. The minimum absolute atomic E-state index is 0.407. The van der Waals surface area contributed by atoms with E-state index in [-0.39, 0.29) is 0 Å². The first-order valence-electron chi connectivity index (χ1n) is 8.68. The molecule has 0 N–H and O–H groups in total. The summed E-state index contributed by atoms with van der Waals surface area (Å²) in [5.74, 6) is 1.11. The molecule has 1 aliphatic carbocycles. The topological polar surface area (TPSA) is 36.7 Å². The summed E-state index contributed by atoms with van der Waals surface area (Å²) in [6, 6.07) is 15.1. The normalized spacial score (nSPS) is 14.9. The second-order valence-corrected chi connectivity index (χ2v) is 7.80. The van der Waals surface area contributed by atoms with Crippen LogP contribution in [0, 0.1) is 31.1 Å². The number of hydrogen-bond donors (Lipinski definition) is 0. The Kier molecular flexibility index (Phi) is 4.15. The first kappa shape index (κ1) is 16.1.